The Morgan fingerprint density at radius 3 is 2.44 bits per heavy atom. The van der Waals surface area contributed by atoms with E-state index < -0.39 is 10.0 Å². The van der Waals surface area contributed by atoms with Crippen LogP contribution in [0.2, 0.25) is 0 Å². The second kappa shape index (κ2) is 13.9. The molecule has 0 radical (unpaired) electrons. The molecule has 1 unspecified atom stereocenters. The topological polar surface area (TPSA) is 91.8 Å². The van der Waals surface area contributed by atoms with Gasteiger partial charge < -0.3 is 15.4 Å². The second-order valence-electron chi connectivity index (χ2n) is 5.68. The van der Waals surface area contributed by atoms with Gasteiger partial charge in [-0.1, -0.05) is 0 Å². The molecule has 1 atom stereocenters. The molecule has 7 nitrogen and oxygen atoms in total. The molecular weight excluding hydrogens is 486 g/mol. The molecule has 10 heteroatoms. The summed E-state index contributed by atoms with van der Waals surface area (Å²) in [5.41, 5.74) is 0. The first-order chi connectivity index (χ1) is 12.4. The summed E-state index contributed by atoms with van der Waals surface area (Å²) in [4.78, 5) is 4.45. The van der Waals surface area contributed by atoms with Gasteiger partial charge in [-0.25, -0.2) is 22.5 Å². The standard InChI is InChI=1S/C17H29FN4O3S.HI/c1-4-19-17(20-11-6-12-22-26(23,24)5-2)21-13-14(3)25-16-9-7-15(18)8-10-16;/h7-10,14,22H,4-6,11-13H2,1-3H3,(H2,19,20,21);1H. The number of nitrogens with one attached hydrogen (secondary N) is 3. The van der Waals surface area contributed by atoms with Crippen molar-refractivity contribution in [2.24, 2.45) is 4.99 Å². The van der Waals surface area contributed by atoms with E-state index in [1.165, 1.54) is 12.1 Å². The van der Waals surface area contributed by atoms with Crippen LogP contribution in [0.1, 0.15) is 27.2 Å². The number of halogens is 2. The maximum Gasteiger partial charge on any atom is 0.211 e. The Labute approximate surface area is 178 Å². The maximum absolute atomic E-state index is 12.9. The smallest absolute Gasteiger partial charge is 0.211 e. The fraction of sp³-hybridized carbons (Fsp3) is 0.588. The zero-order valence-electron chi connectivity index (χ0n) is 16.0. The summed E-state index contributed by atoms with van der Waals surface area (Å²) in [6.07, 6.45) is 0.470. The summed E-state index contributed by atoms with van der Waals surface area (Å²) in [5, 5.41) is 6.27. The highest BCUT2D eigenvalue weighted by Gasteiger charge is 2.06. The highest BCUT2D eigenvalue weighted by molar-refractivity contribution is 14.0. The lowest BCUT2D eigenvalue weighted by molar-refractivity contribution is 0.230. The number of benzene rings is 1. The van der Waals surface area contributed by atoms with Gasteiger partial charge in [0.15, 0.2) is 5.96 Å². The lowest BCUT2D eigenvalue weighted by Gasteiger charge is -2.15. The first-order valence-corrected chi connectivity index (χ1v) is 10.4. The highest BCUT2D eigenvalue weighted by Crippen LogP contribution is 2.12. The maximum atomic E-state index is 12.9. The van der Waals surface area contributed by atoms with Crippen LogP contribution in [0.25, 0.3) is 0 Å². The Kier molecular flexibility index (Phi) is 13.4. The summed E-state index contributed by atoms with van der Waals surface area (Å²) in [6, 6.07) is 5.86. The van der Waals surface area contributed by atoms with E-state index in [1.807, 2.05) is 13.8 Å². The normalized spacial score (nSPS) is 12.8. The fourth-order valence-corrected chi connectivity index (χ4v) is 2.63. The number of ether oxygens (including phenoxy) is 1. The van der Waals surface area contributed by atoms with Gasteiger partial charge in [-0.3, -0.25) is 0 Å². The van der Waals surface area contributed by atoms with Crippen LogP contribution < -0.4 is 20.1 Å². The van der Waals surface area contributed by atoms with Crippen molar-refractivity contribution in [3.05, 3.63) is 30.1 Å². The molecule has 27 heavy (non-hydrogen) atoms. The van der Waals surface area contributed by atoms with Crippen LogP contribution in [0, 0.1) is 5.82 Å². The third-order valence-corrected chi connectivity index (χ3v) is 4.75. The van der Waals surface area contributed by atoms with Gasteiger partial charge >= 0.3 is 0 Å². The Morgan fingerprint density at radius 1 is 1.19 bits per heavy atom. The minimum absolute atomic E-state index is 0. The summed E-state index contributed by atoms with van der Waals surface area (Å²) in [5.74, 6) is 1.01. The molecule has 1 aromatic rings. The molecule has 1 aromatic carbocycles. The molecule has 0 heterocycles. The van der Waals surface area contributed by atoms with Gasteiger partial charge in [0.25, 0.3) is 0 Å². The number of hydrogen-bond donors (Lipinski definition) is 3. The Balaban J connectivity index is 0.00000676. The van der Waals surface area contributed by atoms with Gasteiger partial charge in [-0.2, -0.15) is 0 Å². The SMILES string of the molecule is CCNC(=NCC(C)Oc1ccc(F)cc1)NCCCNS(=O)(=O)CC.I. The minimum Gasteiger partial charge on any atom is -0.489 e. The number of aliphatic imine (C=N–C) groups is 1. The van der Waals surface area contributed by atoms with Crippen molar-refractivity contribution in [2.75, 3.05) is 31.9 Å². The minimum atomic E-state index is -3.15. The number of guanidine groups is 1. The quantitative estimate of drug-likeness (QED) is 0.181. The van der Waals surface area contributed by atoms with Crippen LogP contribution in [-0.4, -0.2) is 52.4 Å². The molecular formula is C17H30FIN4O3S. The molecule has 0 amide bonds. The van der Waals surface area contributed by atoms with Crippen molar-refractivity contribution in [3.63, 3.8) is 0 Å². The van der Waals surface area contributed by atoms with Crippen LogP contribution >= 0.6 is 24.0 Å². The second-order valence-corrected chi connectivity index (χ2v) is 7.78. The number of nitrogens with zero attached hydrogens (tertiary/aromatic N) is 1. The third kappa shape index (κ3) is 12.0. The van der Waals surface area contributed by atoms with Crippen molar-refractivity contribution in [3.8, 4) is 5.75 Å². The van der Waals surface area contributed by atoms with E-state index in [-0.39, 0.29) is 41.7 Å². The molecule has 0 saturated heterocycles. The molecule has 0 aromatic heterocycles. The van der Waals surface area contributed by atoms with Crippen molar-refractivity contribution < 1.29 is 17.5 Å². The van der Waals surface area contributed by atoms with Gasteiger partial charge in [0.05, 0.1) is 12.3 Å². The first kappa shape index (κ1) is 25.9. The third-order valence-electron chi connectivity index (χ3n) is 3.35. The summed E-state index contributed by atoms with van der Waals surface area (Å²) >= 11 is 0. The predicted octanol–water partition coefficient (Wildman–Crippen LogP) is 2.10. The largest absolute Gasteiger partial charge is 0.489 e. The summed E-state index contributed by atoms with van der Waals surface area (Å²) in [7, 11) is -3.15. The first-order valence-electron chi connectivity index (χ1n) is 8.78. The number of hydrogen-bond acceptors (Lipinski definition) is 4. The molecule has 0 fully saturated rings. The Hall–Kier alpha value is -1.14. The van der Waals surface area contributed by atoms with E-state index in [0.717, 1.165) is 0 Å². The van der Waals surface area contributed by atoms with E-state index in [0.29, 0.717) is 44.3 Å². The lowest BCUT2D eigenvalue weighted by atomic mass is 10.3. The fourth-order valence-electron chi connectivity index (χ4n) is 1.97. The zero-order chi connectivity index (χ0) is 19.4. The van der Waals surface area contributed by atoms with Crippen molar-refractivity contribution in [1.82, 2.24) is 15.4 Å². The summed E-state index contributed by atoms with van der Waals surface area (Å²) < 4.78 is 43.8. The van der Waals surface area contributed by atoms with Crippen LogP contribution in [0.5, 0.6) is 5.75 Å². The average Bonchev–Trinajstić information content (AvgIpc) is 2.61. The molecule has 0 bridgehead atoms. The van der Waals surface area contributed by atoms with E-state index >= 15 is 0 Å². The molecule has 3 N–H and O–H groups in total. The van der Waals surface area contributed by atoms with Crippen molar-refractivity contribution >= 4 is 40.0 Å². The monoisotopic (exact) mass is 516 g/mol. The van der Waals surface area contributed by atoms with Gasteiger partial charge in [-0.05, 0) is 51.5 Å². The molecule has 156 valence electrons. The number of sulfonamides is 1. The van der Waals surface area contributed by atoms with Gasteiger partial charge in [-0.15, -0.1) is 24.0 Å². The van der Waals surface area contributed by atoms with Crippen LogP contribution in [0.15, 0.2) is 29.3 Å². The Morgan fingerprint density at radius 2 is 1.85 bits per heavy atom. The molecule has 0 aliphatic carbocycles. The van der Waals surface area contributed by atoms with Crippen LogP contribution in [0.4, 0.5) is 4.39 Å². The van der Waals surface area contributed by atoms with Crippen LogP contribution in [-0.2, 0) is 10.0 Å². The number of rotatable bonds is 11. The summed E-state index contributed by atoms with van der Waals surface area (Å²) in [6.45, 7) is 7.56. The van der Waals surface area contributed by atoms with Crippen molar-refractivity contribution in [2.45, 2.75) is 33.3 Å². The van der Waals surface area contributed by atoms with Crippen LogP contribution in [0.3, 0.4) is 0 Å². The van der Waals surface area contributed by atoms with E-state index in [2.05, 4.69) is 20.3 Å². The molecule has 0 saturated carbocycles. The lowest BCUT2D eigenvalue weighted by Crippen LogP contribution is -2.39. The van der Waals surface area contributed by atoms with Crippen molar-refractivity contribution in [1.29, 1.82) is 0 Å². The Bertz CT molecular complexity index is 657. The molecule has 1 rings (SSSR count). The van der Waals surface area contributed by atoms with E-state index in [9.17, 15) is 12.8 Å². The predicted molar refractivity (Wildman–Crippen MR) is 118 cm³/mol. The molecule has 0 spiro atoms. The molecule has 0 aliphatic rings. The van der Waals surface area contributed by atoms with Gasteiger partial charge in [0, 0.05) is 19.6 Å². The molecule has 0 aliphatic heterocycles. The average molecular weight is 516 g/mol. The van der Waals surface area contributed by atoms with Gasteiger partial charge in [0.2, 0.25) is 10.0 Å². The zero-order valence-corrected chi connectivity index (χ0v) is 19.1. The van der Waals surface area contributed by atoms with Gasteiger partial charge in [0.1, 0.15) is 17.7 Å². The van der Waals surface area contributed by atoms with E-state index in [4.69, 9.17) is 4.74 Å². The van der Waals surface area contributed by atoms with E-state index in [1.54, 1.807) is 19.1 Å². The highest BCUT2D eigenvalue weighted by atomic mass is 127.